The van der Waals surface area contributed by atoms with Gasteiger partial charge in [0, 0.05) is 0 Å². The number of rotatable bonds is 6. The molecule has 0 aromatic heterocycles. The fourth-order valence-electron chi connectivity index (χ4n) is 2.16. The standard InChI is InChI=1S/C15H23N3O4/c1-8-6-12(21-4)13(22-5)7-11(8)9(2)17-14(19)10(3)18-15(16)20/h6-7,9-10H,1-5H3,(H,17,19)(H3,16,18,20)/t9-,10+/m1/s1. The molecule has 1 aromatic carbocycles. The highest BCUT2D eigenvalue weighted by atomic mass is 16.5. The topological polar surface area (TPSA) is 103 Å². The van der Waals surface area contributed by atoms with Crippen LogP contribution in [-0.4, -0.2) is 32.2 Å². The van der Waals surface area contributed by atoms with E-state index in [-0.39, 0.29) is 11.9 Å². The lowest BCUT2D eigenvalue weighted by molar-refractivity contribution is -0.123. The summed E-state index contributed by atoms with van der Waals surface area (Å²) in [6.07, 6.45) is 0. The number of carbonyl (C=O) groups excluding carboxylic acids is 2. The van der Waals surface area contributed by atoms with E-state index in [4.69, 9.17) is 15.2 Å². The lowest BCUT2D eigenvalue weighted by atomic mass is 10.0. The van der Waals surface area contributed by atoms with E-state index in [1.165, 1.54) is 0 Å². The van der Waals surface area contributed by atoms with E-state index in [9.17, 15) is 9.59 Å². The van der Waals surface area contributed by atoms with E-state index < -0.39 is 12.1 Å². The van der Waals surface area contributed by atoms with E-state index in [2.05, 4.69) is 10.6 Å². The van der Waals surface area contributed by atoms with Crippen LogP contribution in [0.3, 0.4) is 0 Å². The molecule has 122 valence electrons. The van der Waals surface area contributed by atoms with Crippen LogP contribution in [0.15, 0.2) is 12.1 Å². The number of benzene rings is 1. The van der Waals surface area contributed by atoms with Crippen LogP contribution in [0.25, 0.3) is 0 Å². The van der Waals surface area contributed by atoms with Crippen molar-refractivity contribution >= 4 is 11.9 Å². The molecule has 4 N–H and O–H groups in total. The summed E-state index contributed by atoms with van der Waals surface area (Å²) >= 11 is 0. The van der Waals surface area contributed by atoms with Crippen molar-refractivity contribution in [1.29, 1.82) is 0 Å². The number of nitrogens with one attached hydrogen (secondary N) is 2. The number of hydrogen-bond acceptors (Lipinski definition) is 4. The van der Waals surface area contributed by atoms with Gasteiger partial charge in [0.2, 0.25) is 5.91 Å². The zero-order valence-electron chi connectivity index (χ0n) is 13.5. The number of aryl methyl sites for hydroxylation is 1. The third-order valence-corrected chi connectivity index (χ3v) is 3.35. The van der Waals surface area contributed by atoms with Crippen LogP contribution < -0.4 is 25.8 Å². The van der Waals surface area contributed by atoms with Gasteiger partial charge in [0.05, 0.1) is 20.3 Å². The van der Waals surface area contributed by atoms with E-state index in [1.54, 1.807) is 21.1 Å². The number of methoxy groups -OCH3 is 2. The summed E-state index contributed by atoms with van der Waals surface area (Å²) in [4.78, 5) is 22.8. The van der Waals surface area contributed by atoms with Gasteiger partial charge in [0.1, 0.15) is 6.04 Å². The van der Waals surface area contributed by atoms with E-state index >= 15 is 0 Å². The molecule has 0 radical (unpaired) electrons. The number of urea groups is 1. The van der Waals surface area contributed by atoms with Crippen LogP contribution in [0.5, 0.6) is 11.5 Å². The van der Waals surface area contributed by atoms with Gasteiger partial charge in [-0.05, 0) is 44.0 Å². The Morgan fingerprint density at radius 1 is 1.09 bits per heavy atom. The first kappa shape index (κ1) is 17.6. The molecule has 0 aliphatic heterocycles. The molecule has 0 saturated heterocycles. The Balaban J connectivity index is 2.91. The molecule has 2 atom stereocenters. The van der Waals surface area contributed by atoms with Crippen LogP contribution in [0.4, 0.5) is 4.79 Å². The van der Waals surface area contributed by atoms with Crippen LogP contribution >= 0.6 is 0 Å². The molecular weight excluding hydrogens is 286 g/mol. The largest absolute Gasteiger partial charge is 0.493 e. The van der Waals surface area contributed by atoms with Crippen molar-refractivity contribution in [3.05, 3.63) is 23.3 Å². The number of carbonyl (C=O) groups is 2. The molecule has 0 spiro atoms. The van der Waals surface area contributed by atoms with Crippen molar-refractivity contribution in [2.75, 3.05) is 14.2 Å². The zero-order valence-corrected chi connectivity index (χ0v) is 13.5. The Morgan fingerprint density at radius 2 is 1.64 bits per heavy atom. The normalized spacial score (nSPS) is 13.0. The quantitative estimate of drug-likeness (QED) is 0.735. The van der Waals surface area contributed by atoms with Crippen LogP contribution in [0, 0.1) is 6.92 Å². The first-order valence-electron chi connectivity index (χ1n) is 6.89. The Bertz CT molecular complexity index is 560. The first-order valence-corrected chi connectivity index (χ1v) is 6.89. The summed E-state index contributed by atoms with van der Waals surface area (Å²) in [6, 6.07) is 1.97. The Kier molecular flexibility index (Phi) is 6.03. The Labute approximate surface area is 130 Å². The molecular formula is C15H23N3O4. The zero-order chi connectivity index (χ0) is 16.9. The van der Waals surface area contributed by atoms with Gasteiger partial charge in [-0.15, -0.1) is 0 Å². The monoisotopic (exact) mass is 309 g/mol. The van der Waals surface area contributed by atoms with Gasteiger partial charge in [0.15, 0.2) is 11.5 Å². The predicted molar refractivity (Wildman–Crippen MR) is 83.0 cm³/mol. The molecule has 22 heavy (non-hydrogen) atoms. The molecule has 1 rings (SSSR count). The summed E-state index contributed by atoms with van der Waals surface area (Å²) in [5, 5.41) is 5.16. The highest BCUT2D eigenvalue weighted by molar-refractivity contribution is 5.86. The molecule has 0 unspecified atom stereocenters. The summed E-state index contributed by atoms with van der Waals surface area (Å²) < 4.78 is 10.5. The summed E-state index contributed by atoms with van der Waals surface area (Å²) in [6.45, 7) is 5.34. The second-order valence-electron chi connectivity index (χ2n) is 5.02. The first-order chi connectivity index (χ1) is 10.3. The highest BCUT2D eigenvalue weighted by Crippen LogP contribution is 2.32. The molecule has 7 nitrogen and oxygen atoms in total. The van der Waals surface area contributed by atoms with Gasteiger partial charge in [-0.25, -0.2) is 4.79 Å². The van der Waals surface area contributed by atoms with Gasteiger partial charge >= 0.3 is 6.03 Å². The molecule has 3 amide bonds. The van der Waals surface area contributed by atoms with Crippen molar-refractivity contribution in [2.24, 2.45) is 5.73 Å². The SMILES string of the molecule is COc1cc(C)c([C@@H](C)NC(=O)[C@H](C)NC(N)=O)cc1OC. The van der Waals surface area contributed by atoms with Crippen LogP contribution in [0.1, 0.15) is 31.0 Å². The smallest absolute Gasteiger partial charge is 0.312 e. The molecule has 0 fully saturated rings. The van der Waals surface area contributed by atoms with Crippen molar-refractivity contribution in [2.45, 2.75) is 32.9 Å². The van der Waals surface area contributed by atoms with Gasteiger partial charge in [-0.3, -0.25) is 4.79 Å². The lowest BCUT2D eigenvalue weighted by Gasteiger charge is -2.21. The third kappa shape index (κ3) is 4.28. The van der Waals surface area contributed by atoms with Crippen molar-refractivity contribution in [1.82, 2.24) is 10.6 Å². The molecule has 7 heteroatoms. The van der Waals surface area contributed by atoms with Crippen LogP contribution in [0.2, 0.25) is 0 Å². The second kappa shape index (κ2) is 7.53. The number of nitrogens with two attached hydrogens (primary N) is 1. The average Bonchev–Trinajstić information content (AvgIpc) is 2.45. The van der Waals surface area contributed by atoms with Gasteiger partial charge in [-0.1, -0.05) is 0 Å². The highest BCUT2D eigenvalue weighted by Gasteiger charge is 2.19. The third-order valence-electron chi connectivity index (χ3n) is 3.35. The maximum Gasteiger partial charge on any atom is 0.312 e. The Morgan fingerprint density at radius 3 is 2.14 bits per heavy atom. The molecule has 0 aliphatic carbocycles. The maximum absolute atomic E-state index is 12.0. The van der Waals surface area contributed by atoms with Gasteiger partial charge < -0.3 is 25.8 Å². The predicted octanol–water partition coefficient (Wildman–Crippen LogP) is 1.25. The molecule has 0 saturated carbocycles. The summed E-state index contributed by atoms with van der Waals surface area (Å²) in [7, 11) is 3.12. The van der Waals surface area contributed by atoms with Crippen molar-refractivity contribution < 1.29 is 19.1 Å². The second-order valence-corrected chi connectivity index (χ2v) is 5.02. The van der Waals surface area contributed by atoms with Gasteiger partial charge in [0.25, 0.3) is 0 Å². The van der Waals surface area contributed by atoms with E-state index in [0.717, 1.165) is 11.1 Å². The van der Waals surface area contributed by atoms with Crippen molar-refractivity contribution in [3.63, 3.8) is 0 Å². The average molecular weight is 309 g/mol. The molecule has 0 aliphatic rings. The summed E-state index contributed by atoms with van der Waals surface area (Å²) in [5.74, 6) is 0.902. The lowest BCUT2D eigenvalue weighted by Crippen LogP contribution is -2.47. The van der Waals surface area contributed by atoms with Gasteiger partial charge in [-0.2, -0.15) is 0 Å². The fraction of sp³-hybridized carbons (Fsp3) is 0.467. The van der Waals surface area contributed by atoms with Crippen molar-refractivity contribution in [3.8, 4) is 11.5 Å². The Hall–Kier alpha value is -2.44. The minimum absolute atomic E-state index is 0.260. The minimum Gasteiger partial charge on any atom is -0.493 e. The summed E-state index contributed by atoms with van der Waals surface area (Å²) in [5.41, 5.74) is 6.87. The number of primary amides is 1. The number of amides is 3. The maximum atomic E-state index is 12.0. The van der Waals surface area contributed by atoms with E-state index in [1.807, 2.05) is 26.0 Å². The molecule has 1 aromatic rings. The molecule has 0 bridgehead atoms. The van der Waals surface area contributed by atoms with E-state index in [0.29, 0.717) is 11.5 Å². The number of hydrogen-bond donors (Lipinski definition) is 3. The minimum atomic E-state index is -0.738. The van der Waals surface area contributed by atoms with Crippen LogP contribution in [-0.2, 0) is 4.79 Å². The number of ether oxygens (including phenoxy) is 2. The molecule has 0 heterocycles. The fourth-order valence-corrected chi connectivity index (χ4v) is 2.16.